The maximum Gasteiger partial charge on any atom is 0.154 e. The summed E-state index contributed by atoms with van der Waals surface area (Å²) in [6, 6.07) is 12.4. The van der Waals surface area contributed by atoms with E-state index in [9.17, 15) is 26.8 Å². The van der Waals surface area contributed by atoms with Gasteiger partial charge in [-0.3, -0.25) is 9.59 Å². The van der Waals surface area contributed by atoms with Gasteiger partial charge in [-0.25, -0.2) is 17.2 Å². The predicted octanol–water partition coefficient (Wildman–Crippen LogP) is 5.21. The Hall–Kier alpha value is -3.65. The van der Waals surface area contributed by atoms with E-state index in [-0.39, 0.29) is 28.2 Å². The van der Waals surface area contributed by atoms with Gasteiger partial charge in [-0.05, 0) is 65.2 Å². The minimum absolute atomic E-state index is 0.178. The van der Waals surface area contributed by atoms with Crippen LogP contribution in [-0.2, 0) is 15.6 Å². The Kier molecular flexibility index (Phi) is 5.48. The Morgan fingerprint density at radius 1 is 0.906 bits per heavy atom. The van der Waals surface area contributed by atoms with Gasteiger partial charge in [0.1, 0.15) is 23.0 Å². The summed E-state index contributed by atoms with van der Waals surface area (Å²) in [5, 5.41) is 0.406. The number of sulfone groups is 1. The molecule has 3 aromatic carbocycles. The molecule has 0 unspecified atom stereocenters. The van der Waals surface area contributed by atoms with Crippen LogP contribution in [0.4, 0.5) is 8.78 Å². The number of furan rings is 1. The molecule has 32 heavy (non-hydrogen) atoms. The summed E-state index contributed by atoms with van der Waals surface area (Å²) in [6.45, 7) is 0. The Balaban J connectivity index is 2.01. The van der Waals surface area contributed by atoms with E-state index in [2.05, 4.69) is 0 Å². The van der Waals surface area contributed by atoms with E-state index in [1.54, 1.807) is 6.07 Å². The van der Waals surface area contributed by atoms with Gasteiger partial charge in [0, 0.05) is 17.2 Å². The van der Waals surface area contributed by atoms with E-state index in [1.807, 2.05) is 0 Å². The van der Waals surface area contributed by atoms with Crippen LogP contribution in [-0.4, -0.2) is 27.2 Å². The van der Waals surface area contributed by atoms with Crippen LogP contribution in [0.15, 0.2) is 59.0 Å². The Labute approximate surface area is 182 Å². The molecule has 0 aliphatic rings. The predicted molar refractivity (Wildman–Crippen MR) is 116 cm³/mol. The normalized spacial score (nSPS) is 11.6. The average molecular weight is 454 g/mol. The highest BCUT2D eigenvalue weighted by Gasteiger charge is 2.20. The van der Waals surface area contributed by atoms with Crippen molar-refractivity contribution in [1.82, 2.24) is 0 Å². The average Bonchev–Trinajstić information content (AvgIpc) is 3.10. The number of benzene rings is 3. The monoisotopic (exact) mass is 454 g/mol. The summed E-state index contributed by atoms with van der Waals surface area (Å²) in [5.41, 5.74) is 1.96. The van der Waals surface area contributed by atoms with E-state index < -0.39 is 21.5 Å². The lowest BCUT2D eigenvalue weighted by Gasteiger charge is -2.11. The van der Waals surface area contributed by atoms with Crippen LogP contribution in [0.2, 0.25) is 0 Å². The molecule has 0 saturated heterocycles. The smallest absolute Gasteiger partial charge is 0.154 e. The van der Waals surface area contributed by atoms with Gasteiger partial charge in [0.25, 0.3) is 0 Å². The number of fused-ring (bicyclic) bond motifs is 1. The van der Waals surface area contributed by atoms with Crippen molar-refractivity contribution in [1.29, 1.82) is 0 Å². The van der Waals surface area contributed by atoms with Gasteiger partial charge in [0.05, 0.1) is 16.9 Å². The van der Waals surface area contributed by atoms with Crippen LogP contribution in [0, 0.1) is 11.6 Å². The second kappa shape index (κ2) is 8.12. The van der Waals surface area contributed by atoms with Crippen LogP contribution >= 0.6 is 0 Å². The van der Waals surface area contributed by atoms with Crippen molar-refractivity contribution < 1.29 is 31.2 Å². The number of carbonyl (C=O) groups excluding carboxylic acids is 2. The molecule has 1 heterocycles. The lowest BCUT2D eigenvalue weighted by atomic mass is 9.96. The molecule has 0 aliphatic heterocycles. The summed E-state index contributed by atoms with van der Waals surface area (Å²) in [5.74, 6) is -1.28. The Morgan fingerprint density at radius 2 is 1.59 bits per heavy atom. The fourth-order valence-corrected chi connectivity index (χ4v) is 4.41. The molecule has 0 fully saturated rings. The number of hydrogen-bond acceptors (Lipinski definition) is 5. The van der Waals surface area contributed by atoms with Gasteiger partial charge in [-0.15, -0.1) is 0 Å². The SMILES string of the molecule is CS(=O)(=O)Cc1cc2oc(-c3ccc(F)cc3)c(C=O)c2cc1-c1ccc(F)c(C=O)c1. The first-order valence-electron chi connectivity index (χ1n) is 9.43. The molecule has 5 nitrogen and oxygen atoms in total. The lowest BCUT2D eigenvalue weighted by Crippen LogP contribution is -2.03. The molecular weight excluding hydrogens is 438 g/mol. The zero-order valence-electron chi connectivity index (χ0n) is 16.8. The number of aldehydes is 2. The molecule has 8 heteroatoms. The molecule has 162 valence electrons. The van der Waals surface area contributed by atoms with E-state index in [0.29, 0.717) is 40.2 Å². The quantitative estimate of drug-likeness (QED) is 0.374. The van der Waals surface area contributed by atoms with Gasteiger partial charge in [-0.2, -0.15) is 0 Å². The molecule has 0 atom stereocenters. The van der Waals surface area contributed by atoms with Gasteiger partial charge in [0.15, 0.2) is 22.4 Å². The standard InChI is InChI=1S/C24H16F2O5S/c1-32(29,30)13-17-9-23-20(10-19(17)15-4-7-22(26)16(8-15)11-27)21(12-28)24(31-23)14-2-5-18(25)6-3-14/h2-12H,13H2,1H3. The van der Waals surface area contributed by atoms with Crippen LogP contribution in [0.5, 0.6) is 0 Å². The van der Waals surface area contributed by atoms with E-state index in [1.165, 1.54) is 42.5 Å². The molecular formula is C24H16F2O5S. The Bertz CT molecular complexity index is 1470. The maximum atomic E-state index is 13.8. The molecule has 0 bridgehead atoms. The highest BCUT2D eigenvalue weighted by molar-refractivity contribution is 7.89. The number of rotatable bonds is 6. The van der Waals surface area contributed by atoms with Crippen molar-refractivity contribution in [2.24, 2.45) is 0 Å². The summed E-state index contributed by atoms with van der Waals surface area (Å²) < 4.78 is 57.1. The van der Waals surface area contributed by atoms with Crippen LogP contribution in [0.25, 0.3) is 33.4 Å². The minimum Gasteiger partial charge on any atom is -0.455 e. The summed E-state index contributed by atoms with van der Waals surface area (Å²) in [4.78, 5) is 23.1. The third-order valence-electron chi connectivity index (χ3n) is 5.03. The molecule has 0 saturated carbocycles. The van der Waals surface area contributed by atoms with E-state index >= 15 is 0 Å². The molecule has 4 rings (SSSR count). The van der Waals surface area contributed by atoms with Gasteiger partial charge >= 0.3 is 0 Å². The first-order chi connectivity index (χ1) is 15.2. The van der Waals surface area contributed by atoms with E-state index in [4.69, 9.17) is 4.42 Å². The molecule has 0 N–H and O–H groups in total. The van der Waals surface area contributed by atoms with Crippen molar-refractivity contribution in [3.63, 3.8) is 0 Å². The second-order valence-electron chi connectivity index (χ2n) is 7.40. The topological polar surface area (TPSA) is 81.4 Å². The number of halogens is 2. The number of hydrogen-bond donors (Lipinski definition) is 0. The number of carbonyl (C=O) groups is 2. The second-order valence-corrected chi connectivity index (χ2v) is 9.54. The highest BCUT2D eigenvalue weighted by atomic mass is 32.2. The minimum atomic E-state index is -3.46. The Morgan fingerprint density at radius 3 is 2.22 bits per heavy atom. The van der Waals surface area contributed by atoms with Crippen molar-refractivity contribution in [3.8, 4) is 22.5 Å². The molecule has 1 aromatic heterocycles. The molecule has 4 aromatic rings. The zero-order valence-corrected chi connectivity index (χ0v) is 17.6. The maximum absolute atomic E-state index is 13.8. The van der Waals surface area contributed by atoms with Crippen molar-refractivity contribution in [2.45, 2.75) is 5.75 Å². The molecule has 0 radical (unpaired) electrons. The third-order valence-corrected chi connectivity index (χ3v) is 5.86. The van der Waals surface area contributed by atoms with E-state index in [0.717, 1.165) is 12.3 Å². The molecule has 0 amide bonds. The molecule has 0 aliphatic carbocycles. The first-order valence-corrected chi connectivity index (χ1v) is 11.5. The molecule has 0 spiro atoms. The lowest BCUT2D eigenvalue weighted by molar-refractivity contribution is 0.111. The van der Waals surface area contributed by atoms with Crippen LogP contribution in [0.3, 0.4) is 0 Å². The largest absolute Gasteiger partial charge is 0.455 e. The van der Waals surface area contributed by atoms with Crippen molar-refractivity contribution >= 4 is 33.4 Å². The third kappa shape index (κ3) is 4.09. The summed E-state index contributed by atoms with van der Waals surface area (Å²) >= 11 is 0. The van der Waals surface area contributed by atoms with Gasteiger partial charge in [0.2, 0.25) is 0 Å². The summed E-state index contributed by atoms with van der Waals surface area (Å²) in [7, 11) is -3.46. The highest BCUT2D eigenvalue weighted by Crippen LogP contribution is 2.38. The fraction of sp³-hybridized carbons (Fsp3) is 0.0833. The fourth-order valence-electron chi connectivity index (χ4n) is 3.61. The first kappa shape index (κ1) is 21.6. The van der Waals surface area contributed by atoms with Crippen LogP contribution < -0.4 is 0 Å². The van der Waals surface area contributed by atoms with Crippen molar-refractivity contribution in [2.75, 3.05) is 6.26 Å². The van der Waals surface area contributed by atoms with Crippen LogP contribution in [0.1, 0.15) is 26.3 Å². The summed E-state index contributed by atoms with van der Waals surface area (Å²) in [6.07, 6.45) is 2.05. The zero-order chi connectivity index (χ0) is 23.0. The van der Waals surface area contributed by atoms with Gasteiger partial charge in [-0.1, -0.05) is 6.07 Å². The van der Waals surface area contributed by atoms with Crippen molar-refractivity contribution in [3.05, 3.63) is 82.9 Å². The van der Waals surface area contributed by atoms with Gasteiger partial charge < -0.3 is 4.42 Å².